The average molecular weight is 313 g/mol. The highest BCUT2D eigenvalue weighted by Gasteiger charge is 2.11. The van der Waals surface area contributed by atoms with Gasteiger partial charge in [0.15, 0.2) is 0 Å². The van der Waals surface area contributed by atoms with E-state index in [9.17, 15) is 0 Å². The highest BCUT2D eigenvalue weighted by atomic mass is 32.2. The molecule has 0 saturated heterocycles. The Kier molecular flexibility index (Phi) is 4.71. The van der Waals surface area contributed by atoms with Crippen LogP contribution in [0.15, 0.2) is 48.5 Å². The van der Waals surface area contributed by atoms with Crippen LogP contribution in [-0.2, 0) is 13.0 Å². The van der Waals surface area contributed by atoms with E-state index in [4.69, 9.17) is 9.29 Å². The molecule has 114 valence electrons. The number of hydrogen-bond acceptors (Lipinski definition) is 3. The zero-order valence-electron chi connectivity index (χ0n) is 12.5. The van der Waals surface area contributed by atoms with Gasteiger partial charge in [0.25, 0.3) is 0 Å². The number of aromatic amines is 1. The van der Waals surface area contributed by atoms with E-state index in [1.807, 2.05) is 36.4 Å². The van der Waals surface area contributed by atoms with Crippen molar-refractivity contribution < 1.29 is 9.29 Å². The lowest BCUT2D eigenvalue weighted by atomic mass is 10.1. The topological polar surface area (TPSA) is 45.2 Å². The van der Waals surface area contributed by atoms with Crippen molar-refractivity contribution in [1.82, 2.24) is 4.98 Å². The first-order valence-corrected chi connectivity index (χ1v) is 8.26. The van der Waals surface area contributed by atoms with Crippen LogP contribution < -0.4 is 4.74 Å². The lowest BCUT2D eigenvalue weighted by molar-refractivity contribution is 0.301. The number of fused-ring (bicyclic) bond motifs is 1. The lowest BCUT2D eigenvalue weighted by Crippen LogP contribution is -2.00. The molecular weight excluding hydrogens is 294 g/mol. The Labute approximate surface area is 134 Å². The van der Waals surface area contributed by atoms with Gasteiger partial charge in [-0.1, -0.05) is 35.9 Å². The first-order chi connectivity index (χ1) is 10.8. The molecule has 0 radical (unpaired) electrons. The minimum atomic E-state index is 0.503. The molecule has 1 aromatic heterocycles. The van der Waals surface area contributed by atoms with Gasteiger partial charge in [0.2, 0.25) is 0 Å². The zero-order chi connectivity index (χ0) is 15.4. The number of hydrogen-bond donors (Lipinski definition) is 2. The van der Waals surface area contributed by atoms with E-state index in [1.165, 1.54) is 16.5 Å². The number of benzene rings is 2. The second kappa shape index (κ2) is 6.90. The molecule has 0 atom stereocenters. The number of nitrogens with one attached hydrogen (secondary N) is 1. The molecule has 0 saturated carbocycles. The number of H-pyrrole nitrogens is 1. The minimum absolute atomic E-state index is 0.503. The fraction of sp³-hybridized carbons (Fsp3) is 0.222. The molecule has 4 heteroatoms. The molecular formula is C18H19NO2S. The van der Waals surface area contributed by atoms with Gasteiger partial charge in [-0.2, -0.15) is 0 Å². The maximum atomic E-state index is 9.04. The van der Waals surface area contributed by atoms with Crippen LogP contribution >= 0.6 is 12.0 Å². The van der Waals surface area contributed by atoms with E-state index in [1.54, 1.807) is 0 Å². The highest BCUT2D eigenvalue weighted by molar-refractivity contribution is 7.93. The molecule has 0 amide bonds. The summed E-state index contributed by atoms with van der Waals surface area (Å²) in [5.74, 6) is 1.55. The van der Waals surface area contributed by atoms with Crippen molar-refractivity contribution >= 4 is 22.9 Å². The summed E-state index contributed by atoms with van der Waals surface area (Å²) in [4.78, 5) is 3.44. The molecule has 0 aliphatic heterocycles. The van der Waals surface area contributed by atoms with E-state index in [2.05, 4.69) is 24.0 Å². The second-order valence-electron chi connectivity index (χ2n) is 5.31. The van der Waals surface area contributed by atoms with Crippen molar-refractivity contribution in [2.75, 3.05) is 5.75 Å². The summed E-state index contributed by atoms with van der Waals surface area (Å²) < 4.78 is 14.9. The van der Waals surface area contributed by atoms with Crippen LogP contribution in [0.25, 0.3) is 10.9 Å². The first kappa shape index (κ1) is 15.0. The second-order valence-corrected chi connectivity index (χ2v) is 5.98. The smallest absolute Gasteiger partial charge is 0.128 e. The third-order valence-electron chi connectivity index (χ3n) is 3.75. The van der Waals surface area contributed by atoms with Crippen LogP contribution in [0.5, 0.6) is 5.75 Å². The fourth-order valence-corrected chi connectivity index (χ4v) is 2.90. The SMILES string of the molecule is Cc1ccc(OCc2[nH]c3ccccc3c2CCSO)cc1. The summed E-state index contributed by atoms with van der Waals surface area (Å²) in [7, 11) is 0. The normalized spacial score (nSPS) is 11.0. The molecule has 2 N–H and O–H groups in total. The average Bonchev–Trinajstić information content (AvgIpc) is 2.90. The number of aromatic nitrogens is 1. The van der Waals surface area contributed by atoms with Crippen LogP contribution in [0.4, 0.5) is 0 Å². The monoisotopic (exact) mass is 313 g/mol. The third-order valence-corrected chi connectivity index (χ3v) is 4.14. The molecule has 3 nitrogen and oxygen atoms in total. The lowest BCUT2D eigenvalue weighted by Gasteiger charge is -2.07. The predicted octanol–water partition coefficient (Wildman–Crippen LogP) is 4.80. The van der Waals surface area contributed by atoms with Crippen molar-refractivity contribution in [3.8, 4) is 5.75 Å². The van der Waals surface area contributed by atoms with E-state index in [-0.39, 0.29) is 0 Å². The Morgan fingerprint density at radius 2 is 1.86 bits per heavy atom. The number of rotatable bonds is 6. The van der Waals surface area contributed by atoms with Crippen LogP contribution in [0, 0.1) is 6.92 Å². The van der Waals surface area contributed by atoms with Gasteiger partial charge < -0.3 is 14.3 Å². The summed E-state index contributed by atoms with van der Waals surface area (Å²) in [5, 5.41) is 1.21. The van der Waals surface area contributed by atoms with E-state index in [0.717, 1.165) is 35.4 Å². The molecule has 2 aromatic carbocycles. The summed E-state index contributed by atoms with van der Waals surface area (Å²) in [5.41, 5.74) is 4.64. The standard InChI is InChI=1S/C18H19NO2S/c1-13-6-8-14(9-7-13)21-12-18-16(10-11-22-20)15-4-2-3-5-17(15)19-18/h2-9,19-20H,10-12H2,1H3. The molecule has 3 rings (SSSR count). The molecule has 0 aliphatic carbocycles. The molecule has 3 aromatic rings. The van der Waals surface area contributed by atoms with Gasteiger partial charge in [0, 0.05) is 16.7 Å². The zero-order valence-corrected chi connectivity index (χ0v) is 13.3. The van der Waals surface area contributed by atoms with Crippen molar-refractivity contribution in [1.29, 1.82) is 0 Å². The van der Waals surface area contributed by atoms with Gasteiger partial charge in [0.05, 0.1) is 5.69 Å². The van der Waals surface area contributed by atoms with Gasteiger partial charge in [-0.3, -0.25) is 0 Å². The quantitative estimate of drug-likeness (QED) is 0.642. The Hall–Kier alpha value is -1.91. The number of aryl methyl sites for hydroxylation is 2. The molecule has 0 spiro atoms. The fourth-order valence-electron chi connectivity index (χ4n) is 2.60. The van der Waals surface area contributed by atoms with Crippen molar-refractivity contribution in [2.45, 2.75) is 20.0 Å². The van der Waals surface area contributed by atoms with Crippen molar-refractivity contribution in [2.24, 2.45) is 0 Å². The molecule has 0 fully saturated rings. The summed E-state index contributed by atoms with van der Waals surface area (Å²) in [6.45, 7) is 2.56. The summed E-state index contributed by atoms with van der Waals surface area (Å²) in [6.07, 6.45) is 0.817. The molecule has 1 heterocycles. The minimum Gasteiger partial charge on any atom is -0.487 e. The van der Waals surface area contributed by atoms with Gasteiger partial charge in [-0.25, -0.2) is 0 Å². The van der Waals surface area contributed by atoms with Gasteiger partial charge >= 0.3 is 0 Å². The van der Waals surface area contributed by atoms with E-state index < -0.39 is 0 Å². The van der Waals surface area contributed by atoms with Crippen LogP contribution in [-0.4, -0.2) is 15.3 Å². The van der Waals surface area contributed by atoms with Gasteiger partial charge in [-0.05, 0) is 49.1 Å². The molecule has 22 heavy (non-hydrogen) atoms. The van der Waals surface area contributed by atoms with E-state index in [0.29, 0.717) is 12.4 Å². The number of para-hydroxylation sites is 1. The molecule has 0 aliphatic rings. The van der Waals surface area contributed by atoms with E-state index >= 15 is 0 Å². The van der Waals surface area contributed by atoms with Crippen LogP contribution in [0.1, 0.15) is 16.8 Å². The third kappa shape index (κ3) is 3.29. The van der Waals surface area contributed by atoms with Crippen molar-refractivity contribution in [3.63, 3.8) is 0 Å². The van der Waals surface area contributed by atoms with Gasteiger partial charge in [0.1, 0.15) is 12.4 Å². The molecule has 0 bridgehead atoms. The largest absolute Gasteiger partial charge is 0.487 e. The highest BCUT2D eigenvalue weighted by Crippen LogP contribution is 2.25. The summed E-state index contributed by atoms with van der Waals surface area (Å²) >= 11 is 0.878. The van der Waals surface area contributed by atoms with Crippen molar-refractivity contribution in [3.05, 3.63) is 65.4 Å². The Morgan fingerprint density at radius 1 is 1.09 bits per heavy atom. The molecule has 0 unspecified atom stereocenters. The Balaban J connectivity index is 1.83. The Bertz CT molecular complexity index is 749. The van der Waals surface area contributed by atoms with Gasteiger partial charge in [-0.15, -0.1) is 0 Å². The van der Waals surface area contributed by atoms with Crippen LogP contribution in [0.3, 0.4) is 0 Å². The first-order valence-electron chi connectivity index (χ1n) is 7.32. The van der Waals surface area contributed by atoms with Crippen LogP contribution in [0.2, 0.25) is 0 Å². The Morgan fingerprint density at radius 3 is 2.64 bits per heavy atom. The number of ether oxygens (including phenoxy) is 1. The summed E-state index contributed by atoms with van der Waals surface area (Å²) in [6, 6.07) is 16.3. The maximum Gasteiger partial charge on any atom is 0.128 e. The predicted molar refractivity (Wildman–Crippen MR) is 92.6 cm³/mol. The maximum absolute atomic E-state index is 9.04.